The number of aryl methyl sites for hydroxylation is 1. The number of methoxy groups -OCH3 is 1. The van der Waals surface area contributed by atoms with Crippen LogP contribution in [-0.4, -0.2) is 32.9 Å². The van der Waals surface area contributed by atoms with Crippen molar-refractivity contribution in [3.8, 4) is 5.75 Å². The van der Waals surface area contributed by atoms with Crippen LogP contribution in [0.4, 0.5) is 0 Å². The Morgan fingerprint density at radius 2 is 1.69 bits per heavy atom. The molecule has 4 nitrogen and oxygen atoms in total. The Morgan fingerprint density at radius 1 is 1.08 bits per heavy atom. The third-order valence-electron chi connectivity index (χ3n) is 5.30. The van der Waals surface area contributed by atoms with Gasteiger partial charge in [0.05, 0.1) is 12.0 Å². The molecule has 2 aromatic rings. The van der Waals surface area contributed by atoms with E-state index < -0.39 is 10.0 Å². The maximum atomic E-state index is 12.9. The van der Waals surface area contributed by atoms with Crippen LogP contribution in [0.5, 0.6) is 5.75 Å². The highest BCUT2D eigenvalue weighted by Crippen LogP contribution is 2.42. The second-order valence-corrected chi connectivity index (χ2v) is 9.50. The number of ether oxygens (including phenoxy) is 1. The molecule has 1 aliphatic heterocycles. The molecule has 0 bridgehead atoms. The van der Waals surface area contributed by atoms with Gasteiger partial charge in [-0.1, -0.05) is 36.2 Å². The highest BCUT2D eigenvalue weighted by atomic mass is 35.5. The molecule has 1 aliphatic rings. The monoisotopic (exact) mass is 393 g/mol. The van der Waals surface area contributed by atoms with Crippen LogP contribution in [0, 0.1) is 6.92 Å². The van der Waals surface area contributed by atoms with Crippen LogP contribution in [0.2, 0.25) is 5.02 Å². The summed E-state index contributed by atoms with van der Waals surface area (Å²) >= 11 is 6.19. The number of piperidine rings is 1. The third kappa shape index (κ3) is 3.61. The zero-order chi connectivity index (χ0) is 18.9. The fourth-order valence-corrected chi connectivity index (χ4v) is 5.11. The van der Waals surface area contributed by atoms with Crippen LogP contribution in [0.1, 0.15) is 30.9 Å². The standard InChI is InChI=1S/C20H24ClNO3S/c1-15-4-7-17(8-5-15)26(23,24)22-12-10-20(2,11-13-22)18-14-16(21)6-9-19(18)25-3/h4-9,14H,10-13H2,1-3H3. The summed E-state index contributed by atoms with van der Waals surface area (Å²) in [6, 6.07) is 12.6. The molecule has 0 spiro atoms. The molecular weight excluding hydrogens is 370 g/mol. The van der Waals surface area contributed by atoms with Crippen molar-refractivity contribution < 1.29 is 13.2 Å². The number of sulfonamides is 1. The average Bonchev–Trinajstić information content (AvgIpc) is 2.62. The van der Waals surface area contributed by atoms with Crippen molar-refractivity contribution in [3.63, 3.8) is 0 Å². The quantitative estimate of drug-likeness (QED) is 0.773. The SMILES string of the molecule is COc1ccc(Cl)cc1C1(C)CCN(S(=O)(=O)c2ccc(C)cc2)CC1. The molecule has 1 fully saturated rings. The average molecular weight is 394 g/mol. The highest BCUT2D eigenvalue weighted by Gasteiger charge is 2.38. The van der Waals surface area contributed by atoms with E-state index in [9.17, 15) is 8.42 Å². The normalized spacial score (nSPS) is 17.8. The molecule has 0 aliphatic carbocycles. The molecule has 26 heavy (non-hydrogen) atoms. The fraction of sp³-hybridized carbons (Fsp3) is 0.400. The number of benzene rings is 2. The lowest BCUT2D eigenvalue weighted by atomic mass is 9.74. The maximum absolute atomic E-state index is 12.9. The Labute approximate surface area is 160 Å². The van der Waals surface area contributed by atoms with Crippen LogP contribution >= 0.6 is 11.6 Å². The van der Waals surface area contributed by atoms with Crippen LogP contribution in [-0.2, 0) is 15.4 Å². The Bertz CT molecular complexity index is 886. The minimum Gasteiger partial charge on any atom is -0.496 e. The van der Waals surface area contributed by atoms with Crippen molar-refractivity contribution in [2.45, 2.75) is 37.0 Å². The lowest BCUT2D eigenvalue weighted by molar-refractivity contribution is 0.243. The van der Waals surface area contributed by atoms with Gasteiger partial charge in [-0.05, 0) is 55.5 Å². The van der Waals surface area contributed by atoms with E-state index in [0.29, 0.717) is 23.0 Å². The van der Waals surface area contributed by atoms with Crippen LogP contribution in [0.25, 0.3) is 0 Å². The smallest absolute Gasteiger partial charge is 0.243 e. The summed E-state index contributed by atoms with van der Waals surface area (Å²) in [6.07, 6.45) is 1.43. The second kappa shape index (κ2) is 7.22. The number of hydrogen-bond donors (Lipinski definition) is 0. The van der Waals surface area contributed by atoms with Gasteiger partial charge < -0.3 is 4.74 Å². The summed E-state index contributed by atoms with van der Waals surface area (Å²) < 4.78 is 32.9. The summed E-state index contributed by atoms with van der Waals surface area (Å²) in [5, 5.41) is 0.664. The van der Waals surface area contributed by atoms with Gasteiger partial charge in [0.1, 0.15) is 5.75 Å². The summed E-state index contributed by atoms with van der Waals surface area (Å²) in [5.74, 6) is 0.798. The molecule has 0 N–H and O–H groups in total. The number of rotatable bonds is 4. The Kier molecular flexibility index (Phi) is 5.33. The van der Waals surface area contributed by atoms with E-state index in [1.807, 2.05) is 37.3 Å². The molecule has 140 valence electrons. The van der Waals surface area contributed by atoms with Crippen LogP contribution in [0.3, 0.4) is 0 Å². The minimum atomic E-state index is -3.46. The number of nitrogens with zero attached hydrogens (tertiary/aromatic N) is 1. The van der Waals surface area contributed by atoms with Gasteiger partial charge in [0.25, 0.3) is 0 Å². The summed E-state index contributed by atoms with van der Waals surface area (Å²) in [6.45, 7) is 5.04. The second-order valence-electron chi connectivity index (χ2n) is 7.12. The minimum absolute atomic E-state index is 0.171. The van der Waals surface area contributed by atoms with Gasteiger partial charge in [-0.2, -0.15) is 4.31 Å². The van der Waals surface area contributed by atoms with E-state index in [4.69, 9.17) is 16.3 Å². The summed E-state index contributed by atoms with van der Waals surface area (Å²) in [5.41, 5.74) is 1.92. The highest BCUT2D eigenvalue weighted by molar-refractivity contribution is 7.89. The molecular formula is C20H24ClNO3S. The van der Waals surface area contributed by atoms with Crippen molar-refractivity contribution in [1.82, 2.24) is 4.31 Å². The Balaban J connectivity index is 1.82. The van der Waals surface area contributed by atoms with Gasteiger partial charge in [0, 0.05) is 23.7 Å². The van der Waals surface area contributed by atoms with Gasteiger partial charge in [-0.25, -0.2) is 8.42 Å². The number of halogens is 1. The lowest BCUT2D eigenvalue weighted by Gasteiger charge is -2.39. The van der Waals surface area contributed by atoms with Gasteiger partial charge in [0.2, 0.25) is 10.0 Å². The zero-order valence-electron chi connectivity index (χ0n) is 15.3. The maximum Gasteiger partial charge on any atom is 0.243 e. The van der Waals surface area contributed by atoms with Crippen molar-refractivity contribution in [2.24, 2.45) is 0 Å². The molecule has 1 saturated heterocycles. The van der Waals surface area contributed by atoms with Gasteiger partial charge in [0.15, 0.2) is 0 Å². The molecule has 0 radical (unpaired) electrons. The first kappa shape index (κ1) is 19.2. The first-order valence-electron chi connectivity index (χ1n) is 8.67. The van der Waals surface area contributed by atoms with E-state index >= 15 is 0 Å². The van der Waals surface area contributed by atoms with E-state index in [0.717, 1.165) is 29.7 Å². The van der Waals surface area contributed by atoms with E-state index in [2.05, 4.69) is 6.92 Å². The van der Waals surface area contributed by atoms with Crippen molar-refractivity contribution >= 4 is 21.6 Å². The Hall–Kier alpha value is -1.56. The number of hydrogen-bond acceptors (Lipinski definition) is 3. The molecule has 0 amide bonds. The van der Waals surface area contributed by atoms with Gasteiger partial charge in [-0.15, -0.1) is 0 Å². The predicted octanol–water partition coefficient (Wildman–Crippen LogP) is 4.40. The first-order chi connectivity index (χ1) is 12.3. The van der Waals surface area contributed by atoms with E-state index in [1.165, 1.54) is 0 Å². The summed E-state index contributed by atoms with van der Waals surface area (Å²) in [4.78, 5) is 0.354. The van der Waals surface area contributed by atoms with E-state index in [-0.39, 0.29) is 5.41 Å². The zero-order valence-corrected chi connectivity index (χ0v) is 16.9. The van der Waals surface area contributed by atoms with Crippen molar-refractivity contribution in [1.29, 1.82) is 0 Å². The predicted molar refractivity (Wildman–Crippen MR) is 105 cm³/mol. The molecule has 0 aromatic heterocycles. The first-order valence-corrected chi connectivity index (χ1v) is 10.5. The van der Waals surface area contributed by atoms with Crippen molar-refractivity contribution in [3.05, 3.63) is 58.6 Å². The largest absolute Gasteiger partial charge is 0.496 e. The third-order valence-corrected chi connectivity index (χ3v) is 7.44. The Morgan fingerprint density at radius 3 is 2.27 bits per heavy atom. The van der Waals surface area contributed by atoms with E-state index in [1.54, 1.807) is 23.5 Å². The van der Waals surface area contributed by atoms with Gasteiger partial charge in [-0.3, -0.25) is 0 Å². The topological polar surface area (TPSA) is 46.6 Å². The van der Waals surface area contributed by atoms with Gasteiger partial charge >= 0.3 is 0 Å². The molecule has 6 heteroatoms. The van der Waals surface area contributed by atoms with Crippen LogP contribution in [0.15, 0.2) is 47.4 Å². The molecule has 2 aromatic carbocycles. The molecule has 1 heterocycles. The summed E-state index contributed by atoms with van der Waals surface area (Å²) in [7, 11) is -1.81. The fourth-order valence-electron chi connectivity index (χ4n) is 3.50. The van der Waals surface area contributed by atoms with Crippen molar-refractivity contribution in [2.75, 3.05) is 20.2 Å². The lowest BCUT2D eigenvalue weighted by Crippen LogP contribution is -2.44. The van der Waals surface area contributed by atoms with Crippen LogP contribution < -0.4 is 4.74 Å². The molecule has 0 atom stereocenters. The molecule has 0 unspecified atom stereocenters. The molecule has 3 rings (SSSR count). The molecule has 0 saturated carbocycles.